The maximum absolute atomic E-state index is 13.1. The van der Waals surface area contributed by atoms with Crippen LogP contribution in [0.5, 0.6) is 0 Å². The van der Waals surface area contributed by atoms with Crippen LogP contribution < -0.4 is 5.32 Å². The number of rotatable bonds is 8. The Bertz CT molecular complexity index is 827. The molecule has 8 heteroatoms. The average molecular weight is 393 g/mol. The average Bonchev–Trinajstić information content (AvgIpc) is 2.65. The smallest absolute Gasteiger partial charge is 0.319 e. The Morgan fingerprint density at radius 2 is 1.78 bits per heavy atom. The third-order valence-electron chi connectivity index (χ3n) is 3.42. The molecule has 0 spiro atoms. The SMILES string of the molecule is C[C@H](SCC(=O)Nc1ccc(F)cc1)C(=O)OCC(=O)c1cccc(F)c1. The van der Waals surface area contributed by atoms with Gasteiger partial charge in [-0.15, -0.1) is 11.8 Å². The van der Waals surface area contributed by atoms with E-state index in [4.69, 9.17) is 4.74 Å². The Morgan fingerprint density at radius 1 is 1.07 bits per heavy atom. The number of halogens is 2. The van der Waals surface area contributed by atoms with Crippen LogP contribution in [0, 0.1) is 11.6 Å². The van der Waals surface area contributed by atoms with Crippen molar-refractivity contribution in [3.05, 3.63) is 65.7 Å². The first-order valence-electron chi connectivity index (χ1n) is 7.97. The van der Waals surface area contributed by atoms with E-state index in [1.807, 2.05) is 0 Å². The molecule has 0 saturated carbocycles. The summed E-state index contributed by atoms with van der Waals surface area (Å²) in [6.07, 6.45) is 0. The number of anilines is 1. The molecule has 142 valence electrons. The molecule has 0 aliphatic carbocycles. The summed E-state index contributed by atoms with van der Waals surface area (Å²) >= 11 is 1.03. The molecule has 2 aromatic carbocycles. The predicted octanol–water partition coefficient (Wildman–Crippen LogP) is 3.45. The van der Waals surface area contributed by atoms with E-state index in [1.54, 1.807) is 6.92 Å². The number of ketones is 1. The minimum absolute atomic E-state index is 0.0223. The standard InChI is InChI=1S/C19H17F2NO4S/c1-12(27-11-18(24)22-16-7-5-14(20)6-8-16)19(25)26-10-17(23)13-3-2-4-15(21)9-13/h2-9,12H,10-11H2,1H3,(H,22,24)/t12-/m0/s1. The van der Waals surface area contributed by atoms with Gasteiger partial charge < -0.3 is 10.1 Å². The molecule has 5 nitrogen and oxygen atoms in total. The number of carbonyl (C=O) groups excluding carboxylic acids is 3. The van der Waals surface area contributed by atoms with Crippen molar-refractivity contribution in [2.45, 2.75) is 12.2 Å². The van der Waals surface area contributed by atoms with E-state index < -0.39 is 35.2 Å². The van der Waals surface area contributed by atoms with Gasteiger partial charge in [0, 0.05) is 11.3 Å². The van der Waals surface area contributed by atoms with Crippen LogP contribution in [0.3, 0.4) is 0 Å². The normalized spacial score (nSPS) is 11.5. The second kappa shape index (κ2) is 9.82. The third kappa shape index (κ3) is 6.82. The lowest BCUT2D eigenvalue weighted by molar-refractivity contribution is -0.141. The molecular weight excluding hydrogens is 376 g/mol. The van der Waals surface area contributed by atoms with Gasteiger partial charge in [-0.1, -0.05) is 12.1 Å². The van der Waals surface area contributed by atoms with Crippen molar-refractivity contribution in [2.24, 2.45) is 0 Å². The van der Waals surface area contributed by atoms with Crippen molar-refractivity contribution in [3.8, 4) is 0 Å². The van der Waals surface area contributed by atoms with Crippen molar-refractivity contribution in [1.82, 2.24) is 0 Å². The summed E-state index contributed by atoms with van der Waals surface area (Å²) < 4.78 is 30.8. The molecule has 0 heterocycles. The van der Waals surface area contributed by atoms with E-state index in [2.05, 4.69) is 5.32 Å². The van der Waals surface area contributed by atoms with Crippen LogP contribution >= 0.6 is 11.8 Å². The molecule has 0 radical (unpaired) electrons. The van der Waals surface area contributed by atoms with E-state index >= 15 is 0 Å². The van der Waals surface area contributed by atoms with Gasteiger partial charge in [-0.25, -0.2) is 8.78 Å². The first-order valence-corrected chi connectivity index (χ1v) is 9.02. The van der Waals surface area contributed by atoms with E-state index in [-0.39, 0.29) is 17.2 Å². The maximum Gasteiger partial charge on any atom is 0.319 e. The molecule has 2 rings (SSSR count). The lowest BCUT2D eigenvalue weighted by Crippen LogP contribution is -2.23. The van der Waals surface area contributed by atoms with Crippen LogP contribution in [-0.2, 0) is 14.3 Å². The highest BCUT2D eigenvalue weighted by Gasteiger charge is 2.18. The minimum atomic E-state index is -0.677. The van der Waals surface area contributed by atoms with Gasteiger partial charge in [-0.2, -0.15) is 0 Å². The van der Waals surface area contributed by atoms with Gasteiger partial charge in [0.1, 0.15) is 16.9 Å². The van der Waals surface area contributed by atoms with Crippen LogP contribution in [0.2, 0.25) is 0 Å². The highest BCUT2D eigenvalue weighted by atomic mass is 32.2. The van der Waals surface area contributed by atoms with E-state index in [0.717, 1.165) is 17.8 Å². The molecule has 0 saturated heterocycles. The highest BCUT2D eigenvalue weighted by Crippen LogP contribution is 2.14. The second-order valence-corrected chi connectivity index (χ2v) is 6.88. The van der Waals surface area contributed by atoms with Gasteiger partial charge in [0.05, 0.1) is 5.75 Å². The van der Waals surface area contributed by atoms with Gasteiger partial charge in [0.2, 0.25) is 5.91 Å². The Balaban J connectivity index is 1.74. The zero-order chi connectivity index (χ0) is 19.8. The van der Waals surface area contributed by atoms with Gasteiger partial charge in [-0.3, -0.25) is 14.4 Å². The van der Waals surface area contributed by atoms with Crippen LogP contribution in [0.15, 0.2) is 48.5 Å². The van der Waals surface area contributed by atoms with Crippen LogP contribution in [0.4, 0.5) is 14.5 Å². The van der Waals surface area contributed by atoms with Gasteiger partial charge >= 0.3 is 5.97 Å². The summed E-state index contributed by atoms with van der Waals surface area (Å²) in [5.74, 6) is -2.52. The molecular formula is C19H17F2NO4S. The van der Waals surface area contributed by atoms with Crippen molar-refractivity contribution in [2.75, 3.05) is 17.7 Å². The summed E-state index contributed by atoms with van der Waals surface area (Å²) in [6, 6.07) is 10.4. The van der Waals surface area contributed by atoms with Gasteiger partial charge in [-0.05, 0) is 43.3 Å². The maximum atomic E-state index is 13.1. The molecule has 0 aliphatic heterocycles. The van der Waals surface area contributed by atoms with E-state index in [0.29, 0.717) is 5.69 Å². The number of nitrogens with one attached hydrogen (secondary N) is 1. The lowest BCUT2D eigenvalue weighted by Gasteiger charge is -2.11. The second-order valence-electron chi connectivity index (χ2n) is 5.55. The Labute approximate surface area is 159 Å². The summed E-state index contributed by atoms with van der Waals surface area (Å²) in [6.45, 7) is 1.04. The number of benzene rings is 2. The summed E-state index contributed by atoms with van der Waals surface area (Å²) in [5.41, 5.74) is 0.555. The van der Waals surface area contributed by atoms with Gasteiger partial charge in [0.15, 0.2) is 12.4 Å². The molecule has 1 amide bonds. The zero-order valence-corrected chi connectivity index (χ0v) is 15.2. The molecule has 0 bridgehead atoms. The van der Waals surface area contributed by atoms with Gasteiger partial charge in [0.25, 0.3) is 0 Å². The Hall–Kier alpha value is -2.74. The molecule has 1 N–H and O–H groups in total. The fourth-order valence-corrected chi connectivity index (χ4v) is 2.68. The topological polar surface area (TPSA) is 72.5 Å². The molecule has 2 aromatic rings. The predicted molar refractivity (Wildman–Crippen MR) is 98.6 cm³/mol. The number of ether oxygens (including phenoxy) is 1. The molecule has 0 aliphatic rings. The van der Waals surface area contributed by atoms with Crippen molar-refractivity contribution in [1.29, 1.82) is 0 Å². The van der Waals surface area contributed by atoms with E-state index in [1.165, 1.54) is 42.5 Å². The van der Waals surface area contributed by atoms with E-state index in [9.17, 15) is 23.2 Å². The quantitative estimate of drug-likeness (QED) is 0.549. The Morgan fingerprint density at radius 3 is 2.44 bits per heavy atom. The molecule has 1 atom stereocenters. The Kier molecular flexibility index (Phi) is 7.48. The summed E-state index contributed by atoms with van der Waals surface area (Å²) in [5, 5.41) is 1.90. The molecule has 0 unspecified atom stereocenters. The number of esters is 1. The van der Waals surface area contributed by atoms with Crippen LogP contribution in [0.25, 0.3) is 0 Å². The highest BCUT2D eigenvalue weighted by molar-refractivity contribution is 8.01. The van der Waals surface area contributed by atoms with Crippen LogP contribution in [0.1, 0.15) is 17.3 Å². The summed E-state index contributed by atoms with van der Waals surface area (Å²) in [4.78, 5) is 35.6. The fourth-order valence-electron chi connectivity index (χ4n) is 2.00. The first kappa shape index (κ1) is 20.6. The van der Waals surface area contributed by atoms with Crippen molar-refractivity contribution >= 4 is 35.1 Å². The first-order chi connectivity index (χ1) is 12.8. The number of carbonyl (C=O) groups is 3. The number of Topliss-reactive ketones (excluding diaryl/α,β-unsaturated/α-hetero) is 1. The van der Waals surface area contributed by atoms with Crippen LogP contribution in [-0.4, -0.2) is 35.3 Å². The number of thioether (sulfide) groups is 1. The monoisotopic (exact) mass is 393 g/mol. The fraction of sp³-hybridized carbons (Fsp3) is 0.211. The zero-order valence-electron chi connectivity index (χ0n) is 14.4. The van der Waals surface area contributed by atoms with Crippen molar-refractivity contribution < 1.29 is 27.9 Å². The largest absolute Gasteiger partial charge is 0.456 e. The lowest BCUT2D eigenvalue weighted by atomic mass is 10.1. The minimum Gasteiger partial charge on any atom is -0.456 e. The van der Waals surface area contributed by atoms with Crippen molar-refractivity contribution in [3.63, 3.8) is 0 Å². The molecule has 0 aromatic heterocycles. The number of hydrogen-bond acceptors (Lipinski definition) is 5. The third-order valence-corrected chi connectivity index (χ3v) is 4.54. The molecule has 0 fully saturated rings. The molecule has 27 heavy (non-hydrogen) atoms. The number of amides is 1. The summed E-state index contributed by atoms with van der Waals surface area (Å²) in [7, 11) is 0. The number of hydrogen-bond donors (Lipinski definition) is 1.